The van der Waals surface area contributed by atoms with E-state index in [9.17, 15) is 4.79 Å². The van der Waals surface area contributed by atoms with Gasteiger partial charge in [-0.2, -0.15) is 0 Å². The molecule has 0 bridgehead atoms. The summed E-state index contributed by atoms with van der Waals surface area (Å²) in [6.45, 7) is 3.25. The summed E-state index contributed by atoms with van der Waals surface area (Å²) < 4.78 is 0. The third-order valence-electron chi connectivity index (χ3n) is 4.05. The number of hydrogen-bond donors (Lipinski definition) is 1. The van der Waals surface area contributed by atoms with E-state index in [1.165, 1.54) is 19.3 Å². The first-order chi connectivity index (χ1) is 8.25. The van der Waals surface area contributed by atoms with Crippen molar-refractivity contribution in [3.63, 3.8) is 0 Å². The Labute approximate surface area is 103 Å². The molecule has 2 heterocycles. The first kappa shape index (κ1) is 12.8. The van der Waals surface area contributed by atoms with Crippen molar-refractivity contribution in [2.45, 2.75) is 51.1 Å². The molecule has 0 aromatic carbocycles. The number of carbonyl (C=O) groups is 1. The zero-order chi connectivity index (χ0) is 12.1. The molecular formula is C13H23N2O2. The Kier molecular flexibility index (Phi) is 4.80. The van der Waals surface area contributed by atoms with E-state index in [0.717, 1.165) is 38.9 Å². The van der Waals surface area contributed by atoms with E-state index in [0.29, 0.717) is 18.5 Å². The Bertz CT molecular complexity index is 244. The van der Waals surface area contributed by atoms with Gasteiger partial charge >= 0.3 is 5.97 Å². The van der Waals surface area contributed by atoms with Crippen LogP contribution in [-0.4, -0.2) is 41.8 Å². The molecule has 1 radical (unpaired) electrons. The summed E-state index contributed by atoms with van der Waals surface area (Å²) in [6, 6.07) is 0. The molecule has 0 saturated carbocycles. The van der Waals surface area contributed by atoms with Gasteiger partial charge in [0.05, 0.1) is 6.17 Å². The maximum absolute atomic E-state index is 10.5. The summed E-state index contributed by atoms with van der Waals surface area (Å²) in [5.74, 6) is -0.0411. The molecule has 2 aliphatic rings. The fraction of sp³-hybridized carbons (Fsp3) is 0.923. The summed E-state index contributed by atoms with van der Waals surface area (Å²) in [4.78, 5) is 13.0. The highest BCUT2D eigenvalue weighted by Gasteiger charge is 2.26. The highest BCUT2D eigenvalue weighted by molar-refractivity contribution is 5.66. The second-order valence-corrected chi connectivity index (χ2v) is 5.29. The van der Waals surface area contributed by atoms with Gasteiger partial charge in [0, 0.05) is 13.0 Å². The van der Waals surface area contributed by atoms with Crippen molar-refractivity contribution in [2.24, 2.45) is 5.92 Å². The number of likely N-dealkylation sites (tertiary alicyclic amines) is 1. The fourth-order valence-corrected chi connectivity index (χ4v) is 2.94. The molecule has 0 aromatic rings. The van der Waals surface area contributed by atoms with E-state index in [1.54, 1.807) is 0 Å². The summed E-state index contributed by atoms with van der Waals surface area (Å²) in [6.07, 6.45) is 7.74. The van der Waals surface area contributed by atoms with Crippen LogP contribution in [0.3, 0.4) is 0 Å². The van der Waals surface area contributed by atoms with E-state index in [4.69, 9.17) is 5.11 Å². The smallest absolute Gasteiger partial charge is 0.303 e. The van der Waals surface area contributed by atoms with E-state index < -0.39 is 5.97 Å². The standard InChI is InChI=1S/C13H23N2O2/c16-13(17)5-4-11-6-9-15(10-7-11)12-3-1-2-8-14-12/h11-12H,1-10H2,(H,16,17). The normalized spacial score (nSPS) is 28.1. The number of aliphatic carboxylic acids is 1. The van der Waals surface area contributed by atoms with Crippen LogP contribution in [0, 0.1) is 5.92 Å². The summed E-state index contributed by atoms with van der Waals surface area (Å²) in [5.41, 5.74) is 0. The molecule has 1 atom stereocenters. The molecule has 4 nitrogen and oxygen atoms in total. The lowest BCUT2D eigenvalue weighted by molar-refractivity contribution is -0.137. The summed E-state index contributed by atoms with van der Waals surface area (Å²) in [5, 5.41) is 13.4. The maximum atomic E-state index is 10.5. The fourth-order valence-electron chi connectivity index (χ4n) is 2.94. The van der Waals surface area contributed by atoms with Gasteiger partial charge in [0.1, 0.15) is 0 Å². The van der Waals surface area contributed by atoms with Crippen LogP contribution in [0.15, 0.2) is 0 Å². The molecule has 2 fully saturated rings. The van der Waals surface area contributed by atoms with Crippen molar-refractivity contribution >= 4 is 5.97 Å². The highest BCUT2D eigenvalue weighted by Crippen LogP contribution is 2.24. The van der Waals surface area contributed by atoms with Gasteiger partial charge < -0.3 is 5.11 Å². The molecule has 1 unspecified atom stereocenters. The average molecular weight is 239 g/mol. The minimum atomic E-state index is -0.658. The van der Waals surface area contributed by atoms with Crippen molar-refractivity contribution in [1.82, 2.24) is 10.2 Å². The van der Waals surface area contributed by atoms with Crippen molar-refractivity contribution in [2.75, 3.05) is 19.6 Å². The van der Waals surface area contributed by atoms with Gasteiger partial charge in [-0.1, -0.05) is 0 Å². The quantitative estimate of drug-likeness (QED) is 0.812. The van der Waals surface area contributed by atoms with Crippen LogP contribution in [-0.2, 0) is 4.79 Å². The van der Waals surface area contributed by atoms with E-state index in [-0.39, 0.29) is 0 Å². The number of carboxylic acid groups (broad SMARTS) is 1. The Morgan fingerprint density at radius 2 is 2.00 bits per heavy atom. The Morgan fingerprint density at radius 1 is 1.24 bits per heavy atom. The van der Waals surface area contributed by atoms with Crippen LogP contribution in [0.1, 0.15) is 44.9 Å². The Balaban J connectivity index is 1.68. The molecule has 1 N–H and O–H groups in total. The van der Waals surface area contributed by atoms with Gasteiger partial charge in [0.2, 0.25) is 0 Å². The highest BCUT2D eigenvalue weighted by atomic mass is 16.4. The average Bonchev–Trinajstić information content (AvgIpc) is 2.38. The van der Waals surface area contributed by atoms with Crippen LogP contribution in [0.4, 0.5) is 0 Å². The summed E-state index contributed by atoms with van der Waals surface area (Å²) in [7, 11) is 0. The SMILES string of the molecule is O=C(O)CCC1CCN(C2CCCC[N]2)CC1. The Morgan fingerprint density at radius 3 is 2.59 bits per heavy atom. The number of nitrogens with zero attached hydrogens (tertiary/aromatic N) is 2. The van der Waals surface area contributed by atoms with Crippen LogP contribution in [0.5, 0.6) is 0 Å². The van der Waals surface area contributed by atoms with Crippen molar-refractivity contribution < 1.29 is 9.90 Å². The van der Waals surface area contributed by atoms with Gasteiger partial charge in [0.25, 0.3) is 0 Å². The summed E-state index contributed by atoms with van der Waals surface area (Å²) >= 11 is 0. The maximum Gasteiger partial charge on any atom is 0.303 e. The first-order valence-corrected chi connectivity index (χ1v) is 6.88. The molecule has 4 heteroatoms. The van der Waals surface area contributed by atoms with Gasteiger partial charge in [-0.3, -0.25) is 9.69 Å². The predicted molar refractivity (Wildman–Crippen MR) is 65.8 cm³/mol. The third kappa shape index (κ3) is 3.96. The molecule has 2 rings (SSSR count). The molecule has 2 saturated heterocycles. The molecular weight excluding hydrogens is 216 g/mol. The van der Waals surface area contributed by atoms with E-state index in [2.05, 4.69) is 10.2 Å². The van der Waals surface area contributed by atoms with Crippen molar-refractivity contribution in [3.8, 4) is 0 Å². The number of rotatable bonds is 4. The number of piperidine rings is 2. The first-order valence-electron chi connectivity index (χ1n) is 6.88. The third-order valence-corrected chi connectivity index (χ3v) is 4.05. The van der Waals surface area contributed by atoms with Crippen LogP contribution in [0.25, 0.3) is 0 Å². The van der Waals surface area contributed by atoms with Gasteiger partial charge in [-0.15, -0.1) is 0 Å². The molecule has 0 spiro atoms. The molecule has 97 valence electrons. The monoisotopic (exact) mass is 239 g/mol. The molecule has 0 aliphatic carbocycles. The van der Waals surface area contributed by atoms with Crippen molar-refractivity contribution in [3.05, 3.63) is 0 Å². The number of hydrogen-bond acceptors (Lipinski definition) is 2. The molecule has 2 aliphatic heterocycles. The number of carboxylic acids is 1. The van der Waals surface area contributed by atoms with Gasteiger partial charge in [-0.25, -0.2) is 5.32 Å². The van der Waals surface area contributed by atoms with E-state index >= 15 is 0 Å². The minimum Gasteiger partial charge on any atom is -0.481 e. The second-order valence-electron chi connectivity index (χ2n) is 5.29. The minimum absolute atomic E-state index is 0.332. The lowest BCUT2D eigenvalue weighted by Gasteiger charge is -2.38. The molecule has 17 heavy (non-hydrogen) atoms. The molecule has 0 amide bonds. The largest absolute Gasteiger partial charge is 0.481 e. The van der Waals surface area contributed by atoms with E-state index in [1.807, 2.05) is 0 Å². The zero-order valence-corrected chi connectivity index (χ0v) is 10.5. The molecule has 0 aromatic heterocycles. The Hall–Kier alpha value is -0.610. The van der Waals surface area contributed by atoms with Crippen LogP contribution >= 0.6 is 0 Å². The van der Waals surface area contributed by atoms with Crippen LogP contribution < -0.4 is 5.32 Å². The van der Waals surface area contributed by atoms with Crippen molar-refractivity contribution in [1.29, 1.82) is 0 Å². The predicted octanol–water partition coefficient (Wildman–Crippen LogP) is 1.68. The topological polar surface area (TPSA) is 54.6 Å². The van der Waals surface area contributed by atoms with Crippen LogP contribution in [0.2, 0.25) is 0 Å². The zero-order valence-electron chi connectivity index (χ0n) is 10.5. The second kappa shape index (κ2) is 6.36. The van der Waals surface area contributed by atoms with Gasteiger partial charge in [-0.05, 0) is 57.5 Å². The van der Waals surface area contributed by atoms with Gasteiger partial charge in [0.15, 0.2) is 0 Å². The lowest BCUT2D eigenvalue weighted by atomic mass is 9.91. The lowest BCUT2D eigenvalue weighted by Crippen LogP contribution is -2.47.